The fourth-order valence-electron chi connectivity index (χ4n) is 18.3. The van der Waals surface area contributed by atoms with Crippen LogP contribution in [-0.2, 0) is 0 Å². The molecule has 12 heterocycles. The van der Waals surface area contributed by atoms with Gasteiger partial charge in [0, 0.05) is 116 Å². The summed E-state index contributed by atoms with van der Waals surface area (Å²) in [6.07, 6.45) is 3.58. The summed E-state index contributed by atoms with van der Waals surface area (Å²) in [6, 6.07) is 138. The Morgan fingerprint density at radius 1 is 0.175 bits per heavy atom. The molecule has 20 heteroatoms. The van der Waals surface area contributed by atoms with Crippen molar-refractivity contribution in [2.75, 3.05) is 0 Å². The van der Waals surface area contributed by atoms with E-state index in [0.717, 1.165) is 249 Å². The van der Waals surface area contributed by atoms with Gasteiger partial charge in [0.25, 0.3) is 0 Å². The summed E-state index contributed by atoms with van der Waals surface area (Å²) >= 11 is 2.49. The largest absolute Gasteiger partial charge is 0.255 e. The number of nitrogens with zero attached hydrogens (tertiary/aromatic N) is 17. The lowest BCUT2D eigenvalue weighted by Crippen LogP contribution is -2.00. The van der Waals surface area contributed by atoms with Crippen LogP contribution in [0, 0.1) is 0 Å². The third kappa shape index (κ3) is 15.3. The van der Waals surface area contributed by atoms with Crippen LogP contribution in [0.5, 0.6) is 0 Å². The topological polar surface area (TPSA) is 232 Å². The highest BCUT2D eigenvalue weighted by Crippen LogP contribution is 2.44. The van der Waals surface area contributed by atoms with Gasteiger partial charge in [0.1, 0.15) is 33.1 Å². The Morgan fingerprint density at radius 2 is 0.540 bits per heavy atom. The number of para-hydroxylation sites is 3. The Bertz CT molecular complexity index is 9230. The van der Waals surface area contributed by atoms with Crippen molar-refractivity contribution in [3.63, 3.8) is 0 Å². The smallest absolute Gasteiger partial charge is 0.164 e. The molecule has 0 N–H and O–H groups in total. The zero-order valence-corrected chi connectivity index (χ0v) is 74.3. The first-order valence-corrected chi connectivity index (χ1v) is 46.2. The minimum atomic E-state index is 0.630. The molecule has 0 aliphatic rings. The Balaban J connectivity index is 0.000000109. The lowest BCUT2D eigenvalue weighted by Gasteiger charge is -2.12. The molecule has 0 saturated heterocycles. The van der Waals surface area contributed by atoms with E-state index in [1.807, 2.05) is 164 Å². The third-order valence-electron chi connectivity index (χ3n) is 25.0. The van der Waals surface area contributed by atoms with E-state index in [-0.39, 0.29) is 0 Å². The molecule has 0 aliphatic carbocycles. The van der Waals surface area contributed by atoms with E-state index in [0.29, 0.717) is 17.5 Å². The van der Waals surface area contributed by atoms with Crippen molar-refractivity contribution in [1.29, 1.82) is 0 Å². The molecule has 0 saturated carbocycles. The van der Waals surface area contributed by atoms with E-state index >= 15 is 0 Å². The average Bonchev–Trinajstić information content (AvgIpc) is 1.74. The normalized spacial score (nSPS) is 11.5. The zero-order valence-electron chi connectivity index (χ0n) is 72.7. The van der Waals surface area contributed by atoms with E-state index in [1.54, 1.807) is 12.4 Å². The van der Waals surface area contributed by atoms with Crippen LogP contribution < -0.4 is 0 Å². The number of fused-ring (bicyclic) bond motifs is 18. The molecule has 640 valence electrons. The molecule has 12 aromatic heterocycles. The maximum atomic E-state index is 5.19. The van der Waals surface area contributed by atoms with Crippen molar-refractivity contribution in [2.45, 2.75) is 0 Å². The molecule has 0 radical (unpaired) electrons. The van der Waals surface area contributed by atoms with E-state index in [9.17, 15) is 0 Å². The monoisotopic (exact) mass is 1790 g/mol. The fourth-order valence-corrected chi connectivity index (χ4v) is 19.4. The van der Waals surface area contributed by atoms with E-state index < -0.39 is 0 Å². The quantitative estimate of drug-likeness (QED) is 0.0976. The second-order valence-corrected chi connectivity index (χ2v) is 34.3. The molecule has 0 bridgehead atoms. The van der Waals surface area contributed by atoms with Crippen molar-refractivity contribution in [3.05, 3.63) is 419 Å². The van der Waals surface area contributed by atoms with E-state index in [1.165, 1.54) is 23.5 Å². The molecule has 0 amide bonds. The lowest BCUT2D eigenvalue weighted by molar-refractivity contribution is 0.316. The Hall–Kier alpha value is -18.4. The van der Waals surface area contributed by atoms with Crippen molar-refractivity contribution < 1.29 is 4.63 Å². The molecule has 0 atom stereocenters. The first-order valence-electron chi connectivity index (χ1n) is 44.7. The van der Waals surface area contributed by atoms with Gasteiger partial charge in [-0.15, -0.1) is 0 Å². The number of hydrogen-bond acceptors (Lipinski definition) is 20. The van der Waals surface area contributed by atoms with E-state index in [4.69, 9.17) is 49.5 Å². The van der Waals surface area contributed by atoms with Crippen LogP contribution in [0.1, 0.15) is 0 Å². The third-order valence-corrected chi connectivity index (χ3v) is 26.1. The highest BCUT2D eigenvalue weighted by molar-refractivity contribution is 7.00. The van der Waals surface area contributed by atoms with Gasteiger partial charge in [-0.1, -0.05) is 291 Å². The van der Waals surface area contributed by atoms with Gasteiger partial charge >= 0.3 is 0 Å². The molecule has 137 heavy (non-hydrogen) atoms. The minimum absolute atomic E-state index is 0.630. The molecule has 0 fully saturated rings. The standard InChI is InChI=1S/C40H24N6O.C40H24N6S.C37H21N5S/c1-3-9-28(10-4-1)38-42-39(29-11-5-2-6-12-29)44-40(43-38)30-21-17-26(18-22-30)25-15-19-27(20-16-25)36-32-23-24-34-37(46-47-45-34)35(32)31-13-7-8-14-33(31)41-36;1-2-11-32-30(10-1)38-31(18-19-35-40(38)46-47-45-35)39(44-32)28-9-7-8-27(22-28)25-14-16-26(17-15-25)29-23-36(33-12-3-5-20-41-33)43-37(24-29)34-13-4-6-21-42-34;1-2-7-22(8-3-1)29-18-15-23-13-14-24-16-19-30(39-36(24)35(23)38-29)25-9-6-10-26(21-25)34-28-17-20-32-37(42-43-41-32)33(28)27-11-4-5-12-31(27)40-34/h2*1-24H;1-21H. The number of aromatic nitrogens is 17. The average molecular weight is 1790 g/mol. The number of hydrogen-bond donors (Lipinski definition) is 0. The van der Waals surface area contributed by atoms with Crippen LogP contribution in [-0.4, -0.2) is 82.6 Å². The molecular formula is C117H69N17OS2. The Kier molecular flexibility index (Phi) is 20.5. The van der Waals surface area contributed by atoms with Gasteiger partial charge in [-0.2, -0.15) is 17.5 Å². The molecular weight excluding hydrogens is 1720 g/mol. The van der Waals surface area contributed by atoms with Crippen LogP contribution in [0.3, 0.4) is 0 Å². The van der Waals surface area contributed by atoms with E-state index in [2.05, 4.69) is 280 Å². The summed E-state index contributed by atoms with van der Waals surface area (Å²) < 4.78 is 23.4. The van der Waals surface area contributed by atoms with Gasteiger partial charge in [0.15, 0.2) is 17.5 Å². The van der Waals surface area contributed by atoms with Crippen molar-refractivity contribution in [2.24, 2.45) is 0 Å². The van der Waals surface area contributed by atoms with Gasteiger partial charge in [-0.25, -0.2) is 49.5 Å². The summed E-state index contributed by atoms with van der Waals surface area (Å²) in [7, 11) is 0. The van der Waals surface area contributed by atoms with Crippen LogP contribution in [0.15, 0.2) is 423 Å². The summed E-state index contributed by atoms with van der Waals surface area (Å²) in [5.41, 5.74) is 32.1. The first kappa shape index (κ1) is 80.7. The second-order valence-electron chi connectivity index (χ2n) is 33.2. The second kappa shape index (κ2) is 34.7. The Morgan fingerprint density at radius 3 is 1.02 bits per heavy atom. The SMILES string of the molecule is c1ccc(-c2cc(-c3ccc(-c4cccc(-c5nc6ccccc6c6c5ccc5nsnc56)c4)cc3)cc(-c3ccccn3)n2)nc1.c1ccc(-c2ccc3ccc4ccc(-c5cccc(-c6nc7ccccc7c7c6ccc6nsnc67)c5)nc4c3n2)cc1.c1ccc(-c2nc(-c3ccccc3)nc(-c3ccc(-c4ccc(-c5nc6ccccc6c6c5ccc5nonc56)cc4)cc3)n2)cc1. The van der Waals surface area contributed by atoms with Gasteiger partial charge in [0.05, 0.1) is 102 Å². The molecule has 27 aromatic rings. The zero-order chi connectivity index (χ0) is 90.6. The first-order chi connectivity index (χ1) is 67.9. The molecule has 15 aromatic carbocycles. The molecule has 0 aliphatic heterocycles. The van der Waals surface area contributed by atoms with Crippen LogP contribution in [0.2, 0.25) is 0 Å². The summed E-state index contributed by atoms with van der Waals surface area (Å²) in [4.78, 5) is 54.2. The molecule has 27 rings (SSSR count). The van der Waals surface area contributed by atoms with Crippen LogP contribution >= 0.6 is 23.5 Å². The van der Waals surface area contributed by atoms with Gasteiger partial charge in [0.2, 0.25) is 0 Å². The summed E-state index contributed by atoms with van der Waals surface area (Å²) in [6.45, 7) is 0. The predicted octanol–water partition coefficient (Wildman–Crippen LogP) is 28.8. The number of pyridine rings is 8. The lowest BCUT2D eigenvalue weighted by atomic mass is 9.95. The predicted molar refractivity (Wildman–Crippen MR) is 553 cm³/mol. The fraction of sp³-hybridized carbons (Fsp3) is 0. The van der Waals surface area contributed by atoms with Crippen molar-refractivity contribution in [1.82, 2.24) is 82.6 Å². The maximum Gasteiger partial charge on any atom is 0.164 e. The van der Waals surface area contributed by atoms with Crippen LogP contribution in [0.25, 0.3) is 267 Å². The summed E-state index contributed by atoms with van der Waals surface area (Å²) in [5, 5.41) is 19.9. The van der Waals surface area contributed by atoms with Crippen molar-refractivity contribution in [3.8, 4) is 147 Å². The van der Waals surface area contributed by atoms with Crippen molar-refractivity contribution >= 4 is 143 Å². The highest BCUT2D eigenvalue weighted by atomic mass is 32.1. The highest BCUT2D eigenvalue weighted by Gasteiger charge is 2.23. The molecule has 18 nitrogen and oxygen atoms in total. The molecule has 0 spiro atoms. The Labute approximate surface area is 790 Å². The maximum absolute atomic E-state index is 5.19. The summed E-state index contributed by atoms with van der Waals surface area (Å²) in [5.74, 6) is 1.92. The van der Waals surface area contributed by atoms with Gasteiger partial charge in [-0.05, 0) is 159 Å². The molecule has 0 unspecified atom stereocenters. The van der Waals surface area contributed by atoms with Crippen LogP contribution in [0.4, 0.5) is 0 Å². The van der Waals surface area contributed by atoms with Gasteiger partial charge < -0.3 is 0 Å². The van der Waals surface area contributed by atoms with Gasteiger partial charge in [-0.3, -0.25) is 9.97 Å². The minimum Gasteiger partial charge on any atom is -0.255 e. The number of rotatable bonds is 13. The number of benzene rings is 15.